The van der Waals surface area contributed by atoms with Gasteiger partial charge in [0, 0.05) is 12.0 Å². The van der Waals surface area contributed by atoms with Crippen LogP contribution < -0.4 is 10.2 Å². The number of ether oxygens (including phenoxy) is 1. The van der Waals surface area contributed by atoms with Crippen LogP contribution in [0.4, 0.5) is 10.5 Å². The minimum absolute atomic E-state index is 0.103. The molecule has 6 heteroatoms. The van der Waals surface area contributed by atoms with E-state index in [1.807, 2.05) is 32.0 Å². The van der Waals surface area contributed by atoms with Crippen molar-refractivity contribution in [3.63, 3.8) is 0 Å². The molecule has 2 aromatic carbocycles. The average Bonchev–Trinajstić information content (AvgIpc) is 2.67. The van der Waals surface area contributed by atoms with Crippen molar-refractivity contribution in [2.24, 2.45) is 5.92 Å². The van der Waals surface area contributed by atoms with E-state index in [1.165, 1.54) is 0 Å². The Kier molecular flexibility index (Phi) is 6.20. The molecule has 0 aromatic heterocycles. The van der Waals surface area contributed by atoms with Crippen molar-refractivity contribution in [2.45, 2.75) is 58.6 Å². The molecule has 3 amide bonds. The summed E-state index contributed by atoms with van der Waals surface area (Å²) in [6.45, 7) is 9.24. The fourth-order valence-corrected chi connectivity index (χ4v) is 3.98. The number of nitrogens with zero attached hydrogens (tertiary/aromatic N) is 1. The van der Waals surface area contributed by atoms with E-state index >= 15 is 0 Å². The first kappa shape index (κ1) is 22.5. The molecule has 2 aromatic rings. The number of fused-ring (bicyclic) bond motifs is 1. The van der Waals surface area contributed by atoms with Gasteiger partial charge in [0.15, 0.2) is 0 Å². The normalized spacial score (nSPS) is 18.5. The fourth-order valence-electron chi connectivity index (χ4n) is 3.98. The highest BCUT2D eigenvalue weighted by atomic mass is 16.6. The molecule has 0 spiro atoms. The zero-order chi connectivity index (χ0) is 22.8. The van der Waals surface area contributed by atoms with Gasteiger partial charge in [-0.3, -0.25) is 9.59 Å². The Morgan fingerprint density at radius 3 is 2.29 bits per heavy atom. The van der Waals surface area contributed by atoms with Gasteiger partial charge in [-0.25, -0.2) is 9.69 Å². The number of imide groups is 1. The van der Waals surface area contributed by atoms with Gasteiger partial charge < -0.3 is 10.1 Å². The van der Waals surface area contributed by atoms with E-state index in [9.17, 15) is 14.4 Å². The third-order valence-corrected chi connectivity index (χ3v) is 5.06. The molecule has 1 aliphatic rings. The van der Waals surface area contributed by atoms with E-state index in [2.05, 4.69) is 5.32 Å². The maximum Gasteiger partial charge on any atom is 0.421 e. The van der Waals surface area contributed by atoms with Gasteiger partial charge in [0.2, 0.25) is 0 Å². The topological polar surface area (TPSA) is 75.7 Å². The summed E-state index contributed by atoms with van der Waals surface area (Å²) in [5, 5.41) is 2.98. The van der Waals surface area contributed by atoms with Crippen molar-refractivity contribution in [3.05, 3.63) is 65.7 Å². The van der Waals surface area contributed by atoms with Gasteiger partial charge in [-0.2, -0.15) is 0 Å². The Balaban J connectivity index is 2.07. The third kappa shape index (κ3) is 4.95. The van der Waals surface area contributed by atoms with Crippen LogP contribution in [0.2, 0.25) is 0 Å². The molecule has 0 aliphatic carbocycles. The number of nitrogens with one attached hydrogen (secondary N) is 1. The lowest BCUT2D eigenvalue weighted by Crippen LogP contribution is -2.65. The van der Waals surface area contributed by atoms with Gasteiger partial charge in [-0.05, 0) is 56.9 Å². The van der Waals surface area contributed by atoms with E-state index < -0.39 is 23.1 Å². The maximum absolute atomic E-state index is 13.9. The smallest absolute Gasteiger partial charge is 0.421 e. The molecule has 1 N–H and O–H groups in total. The molecule has 0 saturated heterocycles. The molecule has 0 bridgehead atoms. The second kappa shape index (κ2) is 8.53. The Bertz CT molecular complexity index is 979. The number of carbonyl (C=O) groups excluding carboxylic acids is 3. The molecule has 1 aliphatic heterocycles. The summed E-state index contributed by atoms with van der Waals surface area (Å²) in [5.74, 6) is -0.720. The molecule has 6 nitrogen and oxygen atoms in total. The summed E-state index contributed by atoms with van der Waals surface area (Å²) < 4.78 is 5.55. The summed E-state index contributed by atoms with van der Waals surface area (Å²) >= 11 is 0. The highest BCUT2D eigenvalue weighted by molar-refractivity contribution is 6.19. The molecular formula is C25H30N2O4. The van der Waals surface area contributed by atoms with Crippen LogP contribution in [0.3, 0.4) is 0 Å². The van der Waals surface area contributed by atoms with Crippen LogP contribution >= 0.6 is 0 Å². The van der Waals surface area contributed by atoms with Crippen LogP contribution in [-0.4, -0.2) is 29.0 Å². The zero-order valence-corrected chi connectivity index (χ0v) is 18.8. The lowest BCUT2D eigenvalue weighted by atomic mass is 9.78. The molecular weight excluding hydrogens is 392 g/mol. The Morgan fingerprint density at radius 2 is 1.68 bits per heavy atom. The van der Waals surface area contributed by atoms with Crippen LogP contribution in [0.5, 0.6) is 0 Å². The number of hydrogen-bond acceptors (Lipinski definition) is 4. The van der Waals surface area contributed by atoms with E-state index in [1.54, 1.807) is 57.2 Å². The standard InChI is InChI=1S/C25H30N2O4/c1-17(2)15-25(26-21(28)18-11-7-6-8-12-18)16-19-13-9-10-14-20(19)27(22(25)29)23(30)31-24(3,4)5/h6-14,17H,15-16H2,1-5H3,(H,26,28). The van der Waals surface area contributed by atoms with Gasteiger partial charge in [0.1, 0.15) is 11.1 Å². The molecule has 0 saturated carbocycles. The van der Waals surface area contributed by atoms with Crippen molar-refractivity contribution in [2.75, 3.05) is 4.90 Å². The van der Waals surface area contributed by atoms with Gasteiger partial charge in [-0.1, -0.05) is 50.2 Å². The first-order valence-electron chi connectivity index (χ1n) is 10.6. The quantitative estimate of drug-likeness (QED) is 0.773. The molecule has 164 valence electrons. The van der Waals surface area contributed by atoms with Gasteiger partial charge in [0.25, 0.3) is 11.8 Å². The second-order valence-electron chi connectivity index (χ2n) is 9.43. The van der Waals surface area contributed by atoms with Crippen molar-refractivity contribution < 1.29 is 19.1 Å². The molecule has 0 radical (unpaired) electrons. The van der Waals surface area contributed by atoms with Crippen LogP contribution in [0.15, 0.2) is 54.6 Å². The SMILES string of the molecule is CC(C)CC1(NC(=O)c2ccccc2)Cc2ccccc2N(C(=O)OC(C)(C)C)C1=O. The predicted molar refractivity (Wildman–Crippen MR) is 120 cm³/mol. The van der Waals surface area contributed by atoms with Gasteiger partial charge in [-0.15, -0.1) is 0 Å². The molecule has 1 heterocycles. The van der Waals surface area contributed by atoms with E-state index in [0.717, 1.165) is 10.5 Å². The average molecular weight is 423 g/mol. The lowest BCUT2D eigenvalue weighted by molar-refractivity contribution is -0.125. The first-order valence-corrected chi connectivity index (χ1v) is 10.6. The lowest BCUT2D eigenvalue weighted by Gasteiger charge is -2.43. The van der Waals surface area contributed by atoms with Gasteiger partial charge >= 0.3 is 6.09 Å². The minimum atomic E-state index is -1.26. The van der Waals surface area contributed by atoms with Crippen LogP contribution in [0.25, 0.3) is 0 Å². The number of carbonyl (C=O) groups is 3. The van der Waals surface area contributed by atoms with Crippen LogP contribution in [0.1, 0.15) is 57.0 Å². The Morgan fingerprint density at radius 1 is 1.06 bits per heavy atom. The Hall–Kier alpha value is -3.15. The summed E-state index contributed by atoms with van der Waals surface area (Å²) in [6.07, 6.45) is -0.0532. The number of rotatable bonds is 4. The maximum atomic E-state index is 13.9. The monoisotopic (exact) mass is 422 g/mol. The third-order valence-electron chi connectivity index (χ3n) is 5.06. The largest absolute Gasteiger partial charge is 0.443 e. The van der Waals surface area contributed by atoms with E-state index in [4.69, 9.17) is 4.74 Å². The molecule has 0 fully saturated rings. The van der Waals surface area contributed by atoms with E-state index in [0.29, 0.717) is 24.1 Å². The van der Waals surface area contributed by atoms with Crippen molar-refractivity contribution in [1.82, 2.24) is 5.32 Å². The molecule has 1 unspecified atom stereocenters. The minimum Gasteiger partial charge on any atom is -0.443 e. The van der Waals surface area contributed by atoms with Gasteiger partial charge in [0.05, 0.1) is 5.69 Å². The summed E-state index contributed by atoms with van der Waals surface area (Å²) in [5.41, 5.74) is -0.262. The molecule has 31 heavy (non-hydrogen) atoms. The van der Waals surface area contributed by atoms with Crippen molar-refractivity contribution in [3.8, 4) is 0 Å². The first-order chi connectivity index (χ1) is 14.5. The molecule has 1 atom stereocenters. The number of para-hydroxylation sites is 1. The summed E-state index contributed by atoms with van der Waals surface area (Å²) in [7, 11) is 0. The van der Waals surface area contributed by atoms with E-state index in [-0.39, 0.29) is 11.8 Å². The Labute approximate surface area is 183 Å². The number of hydrogen-bond donors (Lipinski definition) is 1. The van der Waals surface area contributed by atoms with Crippen molar-refractivity contribution in [1.29, 1.82) is 0 Å². The number of benzene rings is 2. The highest BCUT2D eigenvalue weighted by Gasteiger charge is 2.50. The highest BCUT2D eigenvalue weighted by Crippen LogP contribution is 2.37. The summed E-state index contributed by atoms with van der Waals surface area (Å²) in [4.78, 5) is 41.1. The van der Waals surface area contributed by atoms with Crippen molar-refractivity contribution >= 4 is 23.6 Å². The zero-order valence-electron chi connectivity index (χ0n) is 18.8. The number of amides is 3. The molecule has 3 rings (SSSR count). The summed E-state index contributed by atoms with van der Waals surface area (Å²) in [6, 6.07) is 16.0. The predicted octanol–water partition coefficient (Wildman–Crippen LogP) is 4.73. The van der Waals surface area contributed by atoms with Crippen LogP contribution in [0, 0.1) is 5.92 Å². The van der Waals surface area contributed by atoms with Crippen LogP contribution in [-0.2, 0) is 16.0 Å². The second-order valence-corrected chi connectivity index (χ2v) is 9.43. The fraction of sp³-hybridized carbons (Fsp3) is 0.400. The number of anilines is 1.